The molecule has 0 aliphatic heterocycles. The first-order chi connectivity index (χ1) is 8.27. The van der Waals surface area contributed by atoms with Crippen molar-refractivity contribution in [2.24, 2.45) is 5.73 Å². The zero-order chi connectivity index (χ0) is 12.3. The SMILES string of the molecule is COc1ccc(C(C)CCN)c2c1CCCC2. The van der Waals surface area contributed by atoms with E-state index in [1.54, 1.807) is 7.11 Å². The summed E-state index contributed by atoms with van der Waals surface area (Å²) in [7, 11) is 1.77. The Morgan fingerprint density at radius 2 is 1.94 bits per heavy atom. The highest BCUT2D eigenvalue weighted by molar-refractivity contribution is 5.47. The van der Waals surface area contributed by atoms with Crippen molar-refractivity contribution < 1.29 is 4.74 Å². The molecule has 1 aromatic carbocycles. The van der Waals surface area contributed by atoms with Gasteiger partial charge in [-0.05, 0) is 67.3 Å². The van der Waals surface area contributed by atoms with E-state index in [0.717, 1.165) is 18.7 Å². The molecule has 94 valence electrons. The van der Waals surface area contributed by atoms with E-state index in [4.69, 9.17) is 10.5 Å². The molecule has 1 aromatic rings. The third-order valence-electron chi connectivity index (χ3n) is 3.88. The number of nitrogens with two attached hydrogens (primary N) is 1. The maximum atomic E-state index is 5.67. The molecule has 1 unspecified atom stereocenters. The first-order valence-electron chi connectivity index (χ1n) is 6.66. The standard InChI is InChI=1S/C15H23NO/c1-11(9-10-16)12-7-8-15(17-2)14-6-4-3-5-13(12)14/h7-8,11H,3-6,9-10,16H2,1-2H3. The summed E-state index contributed by atoms with van der Waals surface area (Å²) in [4.78, 5) is 0. The van der Waals surface area contributed by atoms with Crippen molar-refractivity contribution in [2.45, 2.75) is 44.9 Å². The zero-order valence-corrected chi connectivity index (χ0v) is 11.0. The second kappa shape index (κ2) is 5.54. The number of ether oxygens (including phenoxy) is 1. The van der Waals surface area contributed by atoms with Gasteiger partial charge in [-0.3, -0.25) is 0 Å². The minimum Gasteiger partial charge on any atom is -0.496 e. The number of hydrogen-bond donors (Lipinski definition) is 1. The molecule has 0 heterocycles. The predicted octanol–water partition coefficient (Wildman–Crippen LogP) is 3.03. The lowest BCUT2D eigenvalue weighted by molar-refractivity contribution is 0.405. The van der Waals surface area contributed by atoms with Crippen LogP contribution >= 0.6 is 0 Å². The van der Waals surface area contributed by atoms with Crippen molar-refractivity contribution in [3.8, 4) is 5.75 Å². The number of fused-ring (bicyclic) bond motifs is 1. The maximum Gasteiger partial charge on any atom is 0.122 e. The second-order valence-corrected chi connectivity index (χ2v) is 5.00. The van der Waals surface area contributed by atoms with E-state index in [-0.39, 0.29) is 0 Å². The fourth-order valence-electron chi connectivity index (χ4n) is 2.92. The first kappa shape index (κ1) is 12.4. The van der Waals surface area contributed by atoms with Gasteiger partial charge in [-0.2, -0.15) is 0 Å². The Kier molecular flexibility index (Phi) is 4.06. The molecule has 1 atom stereocenters. The highest BCUT2D eigenvalue weighted by Gasteiger charge is 2.19. The van der Waals surface area contributed by atoms with Crippen LogP contribution in [0.25, 0.3) is 0 Å². The van der Waals surface area contributed by atoms with Crippen molar-refractivity contribution >= 4 is 0 Å². The van der Waals surface area contributed by atoms with E-state index in [9.17, 15) is 0 Å². The Labute approximate surface area is 104 Å². The lowest BCUT2D eigenvalue weighted by Gasteiger charge is -2.24. The van der Waals surface area contributed by atoms with Gasteiger partial charge in [0, 0.05) is 0 Å². The summed E-state index contributed by atoms with van der Waals surface area (Å²) in [6.45, 7) is 3.05. The Balaban J connectivity index is 2.40. The van der Waals surface area contributed by atoms with Gasteiger partial charge in [-0.15, -0.1) is 0 Å². The van der Waals surface area contributed by atoms with E-state index in [1.807, 2.05) is 0 Å². The molecule has 0 fully saturated rings. The molecular weight excluding hydrogens is 210 g/mol. The van der Waals surface area contributed by atoms with Crippen molar-refractivity contribution in [3.63, 3.8) is 0 Å². The molecule has 0 saturated carbocycles. The average Bonchev–Trinajstić information content (AvgIpc) is 2.37. The van der Waals surface area contributed by atoms with Crippen LogP contribution < -0.4 is 10.5 Å². The Hall–Kier alpha value is -1.02. The monoisotopic (exact) mass is 233 g/mol. The highest BCUT2D eigenvalue weighted by atomic mass is 16.5. The van der Waals surface area contributed by atoms with Gasteiger partial charge in [0.2, 0.25) is 0 Å². The molecule has 0 spiro atoms. The minimum atomic E-state index is 0.567. The molecule has 0 radical (unpaired) electrons. The molecule has 2 N–H and O–H groups in total. The number of benzene rings is 1. The second-order valence-electron chi connectivity index (χ2n) is 5.00. The zero-order valence-electron chi connectivity index (χ0n) is 11.0. The Morgan fingerprint density at radius 1 is 1.24 bits per heavy atom. The summed E-state index contributed by atoms with van der Waals surface area (Å²) in [6, 6.07) is 4.37. The van der Waals surface area contributed by atoms with Gasteiger partial charge in [0.15, 0.2) is 0 Å². The number of hydrogen-bond acceptors (Lipinski definition) is 2. The minimum absolute atomic E-state index is 0.567. The van der Waals surface area contributed by atoms with Crippen LogP contribution in [-0.2, 0) is 12.8 Å². The summed E-state index contributed by atoms with van der Waals surface area (Å²) >= 11 is 0. The van der Waals surface area contributed by atoms with Crippen LogP contribution in [0.5, 0.6) is 5.75 Å². The smallest absolute Gasteiger partial charge is 0.122 e. The van der Waals surface area contributed by atoms with Crippen LogP contribution in [0.3, 0.4) is 0 Å². The third-order valence-corrected chi connectivity index (χ3v) is 3.88. The average molecular weight is 233 g/mol. The summed E-state index contributed by atoms with van der Waals surface area (Å²) in [6.07, 6.45) is 6.04. The van der Waals surface area contributed by atoms with Gasteiger partial charge in [0.25, 0.3) is 0 Å². The molecule has 2 nitrogen and oxygen atoms in total. The molecule has 0 bridgehead atoms. The van der Waals surface area contributed by atoms with Gasteiger partial charge in [0.05, 0.1) is 7.11 Å². The molecule has 0 amide bonds. The molecule has 2 rings (SSSR count). The summed E-state index contributed by atoms with van der Waals surface area (Å²) in [5.74, 6) is 1.64. The molecule has 0 aromatic heterocycles. The lowest BCUT2D eigenvalue weighted by atomic mass is 9.83. The Bertz CT molecular complexity index is 387. The largest absolute Gasteiger partial charge is 0.496 e. The maximum absolute atomic E-state index is 5.67. The third kappa shape index (κ3) is 2.47. The fraction of sp³-hybridized carbons (Fsp3) is 0.600. The van der Waals surface area contributed by atoms with Crippen molar-refractivity contribution in [2.75, 3.05) is 13.7 Å². The van der Waals surface area contributed by atoms with Gasteiger partial charge in [0.1, 0.15) is 5.75 Å². The van der Waals surface area contributed by atoms with Crippen LogP contribution in [0.15, 0.2) is 12.1 Å². The fourth-order valence-corrected chi connectivity index (χ4v) is 2.92. The van der Waals surface area contributed by atoms with Gasteiger partial charge in [-0.1, -0.05) is 13.0 Å². The first-order valence-corrected chi connectivity index (χ1v) is 6.66. The summed E-state index contributed by atoms with van der Waals surface area (Å²) in [5, 5.41) is 0. The van der Waals surface area contributed by atoms with Crippen LogP contribution in [0.2, 0.25) is 0 Å². The van der Waals surface area contributed by atoms with E-state index in [0.29, 0.717) is 5.92 Å². The predicted molar refractivity (Wildman–Crippen MR) is 71.7 cm³/mol. The topological polar surface area (TPSA) is 35.2 Å². The Morgan fingerprint density at radius 3 is 2.59 bits per heavy atom. The van der Waals surface area contributed by atoms with E-state index in [2.05, 4.69) is 19.1 Å². The normalized spacial score (nSPS) is 16.4. The molecule has 17 heavy (non-hydrogen) atoms. The van der Waals surface area contributed by atoms with E-state index >= 15 is 0 Å². The molecule has 2 heteroatoms. The number of rotatable bonds is 4. The number of methoxy groups -OCH3 is 1. The van der Waals surface area contributed by atoms with Gasteiger partial charge >= 0.3 is 0 Å². The molecule has 1 aliphatic rings. The molecular formula is C15H23NO. The van der Waals surface area contributed by atoms with E-state index < -0.39 is 0 Å². The summed E-state index contributed by atoms with van der Waals surface area (Å²) < 4.78 is 5.48. The van der Waals surface area contributed by atoms with Crippen LogP contribution in [0.4, 0.5) is 0 Å². The van der Waals surface area contributed by atoms with Crippen LogP contribution in [0, 0.1) is 0 Å². The van der Waals surface area contributed by atoms with Gasteiger partial charge in [-0.25, -0.2) is 0 Å². The quantitative estimate of drug-likeness (QED) is 0.867. The molecule has 0 saturated heterocycles. The van der Waals surface area contributed by atoms with E-state index in [1.165, 1.54) is 42.4 Å². The van der Waals surface area contributed by atoms with Crippen LogP contribution in [-0.4, -0.2) is 13.7 Å². The summed E-state index contributed by atoms with van der Waals surface area (Å²) in [5.41, 5.74) is 10.1. The van der Waals surface area contributed by atoms with Gasteiger partial charge < -0.3 is 10.5 Å². The van der Waals surface area contributed by atoms with Crippen molar-refractivity contribution in [1.29, 1.82) is 0 Å². The van der Waals surface area contributed by atoms with Crippen molar-refractivity contribution in [1.82, 2.24) is 0 Å². The highest BCUT2D eigenvalue weighted by Crippen LogP contribution is 2.35. The lowest BCUT2D eigenvalue weighted by Crippen LogP contribution is -2.12. The van der Waals surface area contributed by atoms with Crippen molar-refractivity contribution in [3.05, 3.63) is 28.8 Å². The molecule has 1 aliphatic carbocycles. The van der Waals surface area contributed by atoms with Crippen LogP contribution in [0.1, 0.15) is 48.8 Å².